The van der Waals surface area contributed by atoms with Crippen molar-refractivity contribution in [2.75, 3.05) is 37.6 Å². The minimum atomic E-state index is -0.351. The molecule has 0 aliphatic carbocycles. The van der Waals surface area contributed by atoms with Gasteiger partial charge in [0.05, 0.1) is 6.54 Å². The highest BCUT2D eigenvalue weighted by Gasteiger charge is 2.33. The molecule has 2 aromatic rings. The SMILES string of the molecule is CCc1cnc(OC2CCCN(C(=O)CN3CCN(c4ccc(F)cc4)C3=O)C2)nc1. The van der Waals surface area contributed by atoms with Gasteiger partial charge >= 0.3 is 12.0 Å². The third-order valence-corrected chi connectivity index (χ3v) is 5.65. The second-order valence-corrected chi connectivity index (χ2v) is 7.78. The van der Waals surface area contributed by atoms with Crippen LogP contribution in [0.5, 0.6) is 6.01 Å². The van der Waals surface area contributed by atoms with Gasteiger partial charge in [0.15, 0.2) is 0 Å². The molecule has 164 valence electrons. The van der Waals surface area contributed by atoms with Crippen molar-refractivity contribution in [3.05, 3.63) is 48.0 Å². The second-order valence-electron chi connectivity index (χ2n) is 7.78. The van der Waals surface area contributed by atoms with Gasteiger partial charge in [-0.3, -0.25) is 9.69 Å². The summed E-state index contributed by atoms with van der Waals surface area (Å²) >= 11 is 0. The number of hydrogen-bond acceptors (Lipinski definition) is 5. The van der Waals surface area contributed by atoms with E-state index in [2.05, 4.69) is 9.97 Å². The van der Waals surface area contributed by atoms with Crippen molar-refractivity contribution in [1.29, 1.82) is 0 Å². The number of carbonyl (C=O) groups is 2. The number of piperidine rings is 1. The van der Waals surface area contributed by atoms with Gasteiger partial charge in [0.1, 0.15) is 18.5 Å². The first-order chi connectivity index (χ1) is 15.0. The number of anilines is 1. The smallest absolute Gasteiger partial charge is 0.325 e. The maximum atomic E-state index is 13.1. The van der Waals surface area contributed by atoms with Crippen LogP contribution in [-0.2, 0) is 11.2 Å². The molecule has 1 atom stereocenters. The van der Waals surface area contributed by atoms with Crippen molar-refractivity contribution in [2.24, 2.45) is 0 Å². The third kappa shape index (κ3) is 4.92. The number of aryl methyl sites for hydroxylation is 1. The molecule has 2 aliphatic rings. The standard InChI is InChI=1S/C22H26FN5O3/c1-2-16-12-24-21(25-13-16)31-19-4-3-9-26(14-19)20(29)15-27-10-11-28(22(27)30)18-7-5-17(23)6-8-18/h5-8,12-13,19H,2-4,9-11,14-15H2,1H3. The molecule has 2 aliphatic heterocycles. The molecule has 2 saturated heterocycles. The molecule has 0 saturated carbocycles. The second kappa shape index (κ2) is 9.28. The van der Waals surface area contributed by atoms with Crippen molar-refractivity contribution < 1.29 is 18.7 Å². The minimum absolute atomic E-state index is 0.0188. The summed E-state index contributed by atoms with van der Waals surface area (Å²) in [6.45, 7) is 4.06. The van der Waals surface area contributed by atoms with Crippen LogP contribution in [-0.4, -0.2) is 70.5 Å². The lowest BCUT2D eigenvalue weighted by Gasteiger charge is -2.33. The first-order valence-corrected chi connectivity index (χ1v) is 10.6. The molecule has 0 N–H and O–H groups in total. The lowest BCUT2D eigenvalue weighted by molar-refractivity contribution is -0.134. The highest BCUT2D eigenvalue weighted by atomic mass is 19.1. The van der Waals surface area contributed by atoms with E-state index < -0.39 is 0 Å². The Balaban J connectivity index is 1.31. The molecule has 1 aromatic carbocycles. The molecular weight excluding hydrogens is 401 g/mol. The lowest BCUT2D eigenvalue weighted by atomic mass is 10.1. The number of nitrogens with zero attached hydrogens (tertiary/aromatic N) is 5. The van der Waals surface area contributed by atoms with Gasteiger partial charge in [-0.15, -0.1) is 0 Å². The Morgan fingerprint density at radius 3 is 2.61 bits per heavy atom. The predicted molar refractivity (Wildman–Crippen MR) is 112 cm³/mol. The van der Waals surface area contributed by atoms with Crippen LogP contribution < -0.4 is 9.64 Å². The van der Waals surface area contributed by atoms with Crippen LogP contribution in [0, 0.1) is 5.82 Å². The van der Waals surface area contributed by atoms with Crippen molar-refractivity contribution in [2.45, 2.75) is 32.3 Å². The van der Waals surface area contributed by atoms with Crippen LogP contribution in [0.3, 0.4) is 0 Å². The molecule has 1 unspecified atom stereocenters. The molecule has 0 bridgehead atoms. The molecule has 8 nitrogen and oxygen atoms in total. The Morgan fingerprint density at radius 2 is 1.90 bits per heavy atom. The van der Waals surface area contributed by atoms with E-state index in [0.717, 1.165) is 24.8 Å². The Morgan fingerprint density at radius 1 is 1.16 bits per heavy atom. The molecule has 4 rings (SSSR count). The number of urea groups is 1. The molecule has 0 spiro atoms. The number of rotatable bonds is 6. The molecule has 0 radical (unpaired) electrons. The first kappa shape index (κ1) is 21.0. The van der Waals surface area contributed by atoms with Crippen LogP contribution in [0.25, 0.3) is 0 Å². The van der Waals surface area contributed by atoms with Gasteiger partial charge < -0.3 is 14.5 Å². The quantitative estimate of drug-likeness (QED) is 0.708. The summed E-state index contributed by atoms with van der Waals surface area (Å²) < 4.78 is 19.0. The summed E-state index contributed by atoms with van der Waals surface area (Å²) in [5, 5.41) is 0. The zero-order valence-electron chi connectivity index (χ0n) is 17.5. The van der Waals surface area contributed by atoms with E-state index in [4.69, 9.17) is 4.74 Å². The molecular formula is C22H26FN5O3. The van der Waals surface area contributed by atoms with Gasteiger partial charge in [-0.05, 0) is 49.1 Å². The van der Waals surface area contributed by atoms with Crippen LogP contribution >= 0.6 is 0 Å². The highest BCUT2D eigenvalue weighted by Crippen LogP contribution is 2.21. The minimum Gasteiger partial charge on any atom is -0.458 e. The van der Waals surface area contributed by atoms with Crippen molar-refractivity contribution in [3.63, 3.8) is 0 Å². The maximum absolute atomic E-state index is 13.1. The summed E-state index contributed by atoms with van der Waals surface area (Å²) in [6.07, 6.45) is 5.83. The molecule has 9 heteroatoms. The summed E-state index contributed by atoms with van der Waals surface area (Å²) in [4.78, 5) is 38.9. The average molecular weight is 427 g/mol. The predicted octanol–water partition coefficient (Wildman–Crippen LogP) is 2.49. The zero-order valence-corrected chi connectivity index (χ0v) is 17.5. The van der Waals surface area contributed by atoms with Gasteiger partial charge in [-0.1, -0.05) is 6.92 Å². The third-order valence-electron chi connectivity index (χ3n) is 5.65. The maximum Gasteiger partial charge on any atom is 0.325 e. The zero-order chi connectivity index (χ0) is 21.8. The van der Waals surface area contributed by atoms with Crippen LogP contribution in [0.2, 0.25) is 0 Å². The van der Waals surface area contributed by atoms with Gasteiger partial charge in [0.2, 0.25) is 5.91 Å². The van der Waals surface area contributed by atoms with Gasteiger partial charge in [0, 0.05) is 37.7 Å². The van der Waals surface area contributed by atoms with Gasteiger partial charge in [0.25, 0.3) is 0 Å². The van der Waals surface area contributed by atoms with E-state index in [0.29, 0.717) is 37.9 Å². The van der Waals surface area contributed by atoms with E-state index in [-0.39, 0.29) is 30.4 Å². The fourth-order valence-corrected chi connectivity index (χ4v) is 3.85. The van der Waals surface area contributed by atoms with Crippen molar-refractivity contribution >= 4 is 17.6 Å². The van der Waals surface area contributed by atoms with Crippen LogP contribution in [0.1, 0.15) is 25.3 Å². The van der Waals surface area contributed by atoms with Gasteiger partial charge in [-0.25, -0.2) is 19.2 Å². The number of ether oxygens (including phenoxy) is 1. The average Bonchev–Trinajstić information content (AvgIpc) is 3.15. The molecule has 3 heterocycles. The number of carbonyl (C=O) groups excluding carboxylic acids is 2. The monoisotopic (exact) mass is 427 g/mol. The highest BCUT2D eigenvalue weighted by molar-refractivity contribution is 5.96. The van der Waals surface area contributed by atoms with E-state index in [1.165, 1.54) is 17.0 Å². The summed E-state index contributed by atoms with van der Waals surface area (Å²) in [6, 6.07) is 5.86. The topological polar surface area (TPSA) is 78.9 Å². The molecule has 1 aromatic heterocycles. The number of hydrogen-bond donors (Lipinski definition) is 0. The van der Waals surface area contributed by atoms with E-state index >= 15 is 0 Å². The summed E-state index contributed by atoms with van der Waals surface area (Å²) in [5.41, 5.74) is 1.67. The van der Waals surface area contributed by atoms with E-state index in [9.17, 15) is 14.0 Å². The lowest BCUT2D eigenvalue weighted by Crippen LogP contribution is -2.48. The molecule has 3 amide bonds. The normalized spacial score (nSPS) is 19.1. The molecule has 31 heavy (non-hydrogen) atoms. The number of likely N-dealkylation sites (tertiary alicyclic amines) is 1. The Hall–Kier alpha value is -3.23. The van der Waals surface area contributed by atoms with Crippen molar-refractivity contribution in [3.8, 4) is 6.01 Å². The number of benzene rings is 1. The number of aromatic nitrogens is 2. The molecule has 2 fully saturated rings. The summed E-state index contributed by atoms with van der Waals surface area (Å²) in [5.74, 6) is -0.458. The van der Waals surface area contributed by atoms with E-state index in [1.807, 2.05) is 6.92 Å². The van der Waals surface area contributed by atoms with Crippen LogP contribution in [0.15, 0.2) is 36.7 Å². The fourth-order valence-electron chi connectivity index (χ4n) is 3.85. The first-order valence-electron chi connectivity index (χ1n) is 10.6. The van der Waals surface area contributed by atoms with E-state index in [1.54, 1.807) is 34.3 Å². The fraction of sp³-hybridized carbons (Fsp3) is 0.455. The Labute approximate surface area is 180 Å². The number of halogens is 1. The van der Waals surface area contributed by atoms with Crippen molar-refractivity contribution in [1.82, 2.24) is 19.8 Å². The Kier molecular flexibility index (Phi) is 6.29. The largest absolute Gasteiger partial charge is 0.458 e. The van der Waals surface area contributed by atoms with Gasteiger partial charge in [-0.2, -0.15) is 0 Å². The Bertz CT molecular complexity index is 922. The summed E-state index contributed by atoms with van der Waals surface area (Å²) in [7, 11) is 0. The number of amides is 3. The van der Waals surface area contributed by atoms with Crippen LogP contribution in [0.4, 0.5) is 14.9 Å².